The molecule has 0 spiro atoms. The molecule has 0 radical (unpaired) electrons. The van der Waals surface area contributed by atoms with Crippen molar-refractivity contribution in [1.29, 1.82) is 0 Å². The number of carboxylic acids is 1. The summed E-state index contributed by atoms with van der Waals surface area (Å²) >= 11 is 0. The highest BCUT2D eigenvalue weighted by atomic mass is 16.7. The van der Waals surface area contributed by atoms with E-state index in [-0.39, 0.29) is 0 Å². The molecular formula is C13H20O5. The average Bonchev–Trinajstić information content (AvgIpc) is 2.71. The maximum Gasteiger partial charge on any atom is 0.330 e. The number of hydrogen-bond donors (Lipinski definition) is 1. The van der Waals surface area contributed by atoms with Crippen LogP contribution in [0.4, 0.5) is 0 Å². The highest BCUT2D eigenvalue weighted by molar-refractivity contribution is 5.85. The predicted molar refractivity (Wildman–Crippen MR) is 66.0 cm³/mol. The third-order valence-electron chi connectivity index (χ3n) is 2.94. The number of carbonyl (C=O) groups is 1. The summed E-state index contributed by atoms with van der Waals surface area (Å²) in [6, 6.07) is 0. The van der Waals surface area contributed by atoms with Gasteiger partial charge in [-0.3, -0.25) is 0 Å². The molecule has 1 atom stereocenters. The van der Waals surface area contributed by atoms with Gasteiger partial charge < -0.3 is 19.3 Å². The van der Waals surface area contributed by atoms with Gasteiger partial charge in [-0.15, -0.1) is 0 Å². The predicted octanol–water partition coefficient (Wildman–Crippen LogP) is 2.09. The van der Waals surface area contributed by atoms with Crippen LogP contribution in [0.1, 0.15) is 26.7 Å². The van der Waals surface area contributed by atoms with Crippen molar-refractivity contribution in [2.24, 2.45) is 0 Å². The van der Waals surface area contributed by atoms with Crippen molar-refractivity contribution < 1.29 is 24.1 Å². The van der Waals surface area contributed by atoms with Crippen LogP contribution in [0.2, 0.25) is 0 Å². The van der Waals surface area contributed by atoms with Gasteiger partial charge in [0, 0.05) is 32.6 Å². The van der Waals surface area contributed by atoms with Gasteiger partial charge >= 0.3 is 5.97 Å². The van der Waals surface area contributed by atoms with Crippen molar-refractivity contribution in [2.75, 3.05) is 14.2 Å². The van der Waals surface area contributed by atoms with Crippen LogP contribution >= 0.6 is 0 Å². The molecule has 0 bridgehead atoms. The van der Waals surface area contributed by atoms with E-state index < -0.39 is 17.9 Å². The Bertz CT molecular complexity index is 368. The molecule has 0 aromatic heterocycles. The number of methoxy groups -OCH3 is 2. The van der Waals surface area contributed by atoms with Crippen LogP contribution in [0.15, 0.2) is 23.5 Å². The van der Waals surface area contributed by atoms with Crippen molar-refractivity contribution in [3.63, 3.8) is 0 Å². The maximum atomic E-state index is 10.7. The molecule has 1 aliphatic heterocycles. The molecule has 1 unspecified atom stereocenters. The van der Waals surface area contributed by atoms with E-state index in [0.717, 1.165) is 0 Å². The summed E-state index contributed by atoms with van der Waals surface area (Å²) in [6.07, 6.45) is 4.33. The molecule has 0 aromatic carbocycles. The largest absolute Gasteiger partial charge is 0.486 e. The fourth-order valence-corrected chi connectivity index (χ4v) is 1.74. The highest BCUT2D eigenvalue weighted by Gasteiger charge is 2.34. The fourth-order valence-electron chi connectivity index (χ4n) is 1.74. The molecule has 1 aliphatic rings. The van der Waals surface area contributed by atoms with E-state index >= 15 is 0 Å². The quantitative estimate of drug-likeness (QED) is 0.582. The number of rotatable bonds is 6. The first-order valence-corrected chi connectivity index (χ1v) is 5.76. The molecule has 0 saturated heterocycles. The van der Waals surface area contributed by atoms with Crippen molar-refractivity contribution in [3.05, 3.63) is 23.5 Å². The Morgan fingerprint density at radius 3 is 2.72 bits per heavy atom. The summed E-state index contributed by atoms with van der Waals surface area (Å²) in [5, 5.41) is 8.79. The van der Waals surface area contributed by atoms with Crippen LogP contribution in [-0.2, 0) is 19.0 Å². The van der Waals surface area contributed by atoms with Crippen LogP contribution in [-0.4, -0.2) is 37.2 Å². The van der Waals surface area contributed by atoms with Crippen molar-refractivity contribution in [2.45, 2.75) is 38.6 Å². The Morgan fingerprint density at radius 1 is 1.61 bits per heavy atom. The van der Waals surface area contributed by atoms with E-state index in [1.807, 2.05) is 13.0 Å². The van der Waals surface area contributed by atoms with Crippen LogP contribution in [0.3, 0.4) is 0 Å². The minimum absolute atomic E-state index is 0.323. The third-order valence-corrected chi connectivity index (χ3v) is 2.94. The molecule has 1 N–H and O–H groups in total. The van der Waals surface area contributed by atoms with Gasteiger partial charge in [-0.05, 0) is 19.9 Å². The second-order valence-corrected chi connectivity index (χ2v) is 4.56. The van der Waals surface area contributed by atoms with Gasteiger partial charge in [0.2, 0.25) is 6.29 Å². The van der Waals surface area contributed by atoms with Crippen LogP contribution < -0.4 is 0 Å². The SMILES string of the molecule is COC(OC)C1=CCC(C)(CC=C(C)C(=O)O)O1. The van der Waals surface area contributed by atoms with Gasteiger partial charge in [-0.2, -0.15) is 0 Å². The van der Waals surface area contributed by atoms with Gasteiger partial charge in [0.1, 0.15) is 11.4 Å². The normalized spacial score (nSPS) is 24.1. The molecular weight excluding hydrogens is 236 g/mol. The minimum atomic E-state index is -0.906. The smallest absolute Gasteiger partial charge is 0.330 e. The topological polar surface area (TPSA) is 65.0 Å². The number of hydrogen-bond acceptors (Lipinski definition) is 4. The molecule has 0 amide bonds. The Labute approximate surface area is 107 Å². The summed E-state index contributed by atoms with van der Waals surface area (Å²) in [7, 11) is 3.09. The maximum absolute atomic E-state index is 10.7. The first-order valence-electron chi connectivity index (χ1n) is 5.76. The Morgan fingerprint density at radius 2 is 2.22 bits per heavy atom. The van der Waals surface area contributed by atoms with E-state index in [1.54, 1.807) is 27.2 Å². The third kappa shape index (κ3) is 3.58. The molecule has 102 valence electrons. The lowest BCUT2D eigenvalue weighted by Crippen LogP contribution is -2.26. The highest BCUT2D eigenvalue weighted by Crippen LogP contribution is 2.33. The minimum Gasteiger partial charge on any atom is -0.486 e. The van der Waals surface area contributed by atoms with Crippen molar-refractivity contribution in [1.82, 2.24) is 0 Å². The second kappa shape index (κ2) is 6.02. The zero-order chi connectivity index (χ0) is 13.8. The molecule has 5 nitrogen and oxygen atoms in total. The summed E-state index contributed by atoms with van der Waals surface area (Å²) in [5.74, 6) is -0.264. The first-order chi connectivity index (χ1) is 8.41. The van der Waals surface area contributed by atoms with Crippen molar-refractivity contribution >= 4 is 5.97 Å². The van der Waals surface area contributed by atoms with Crippen LogP contribution in [0, 0.1) is 0 Å². The summed E-state index contributed by atoms with van der Waals surface area (Å²) in [6.45, 7) is 3.51. The van der Waals surface area contributed by atoms with E-state index in [2.05, 4.69) is 0 Å². The molecule has 1 heterocycles. The summed E-state index contributed by atoms with van der Waals surface area (Å²) in [5.41, 5.74) is -0.107. The standard InChI is InChI=1S/C13H20O5/c1-9(11(14)15)5-7-13(2)8-6-10(18-13)12(16-3)17-4/h5-6,12H,7-8H2,1-4H3,(H,14,15). The summed E-state index contributed by atoms with van der Waals surface area (Å²) < 4.78 is 16.0. The van der Waals surface area contributed by atoms with E-state index in [1.165, 1.54) is 0 Å². The number of carboxylic acid groups (broad SMARTS) is 1. The zero-order valence-corrected chi connectivity index (χ0v) is 11.2. The van der Waals surface area contributed by atoms with Crippen molar-refractivity contribution in [3.8, 4) is 0 Å². The zero-order valence-electron chi connectivity index (χ0n) is 11.2. The lowest BCUT2D eigenvalue weighted by Gasteiger charge is -2.26. The molecule has 5 heteroatoms. The Hall–Kier alpha value is -1.33. The van der Waals surface area contributed by atoms with Gasteiger partial charge in [-0.25, -0.2) is 4.79 Å². The molecule has 1 rings (SSSR count). The number of aliphatic carboxylic acids is 1. The lowest BCUT2D eigenvalue weighted by molar-refractivity contribution is -0.132. The van der Waals surface area contributed by atoms with E-state index in [4.69, 9.17) is 19.3 Å². The molecule has 0 aliphatic carbocycles. The fraction of sp³-hybridized carbons (Fsp3) is 0.615. The Kier molecular flexibility index (Phi) is 4.93. The molecule has 0 fully saturated rings. The molecule has 18 heavy (non-hydrogen) atoms. The van der Waals surface area contributed by atoms with Crippen LogP contribution in [0.5, 0.6) is 0 Å². The number of ether oxygens (including phenoxy) is 3. The average molecular weight is 256 g/mol. The van der Waals surface area contributed by atoms with Crippen LogP contribution in [0.25, 0.3) is 0 Å². The van der Waals surface area contributed by atoms with Gasteiger partial charge in [0.05, 0.1) is 0 Å². The summed E-state index contributed by atoms with van der Waals surface area (Å²) in [4.78, 5) is 10.7. The first kappa shape index (κ1) is 14.7. The van der Waals surface area contributed by atoms with E-state index in [9.17, 15) is 4.79 Å². The monoisotopic (exact) mass is 256 g/mol. The van der Waals surface area contributed by atoms with E-state index in [0.29, 0.717) is 24.2 Å². The molecule has 0 saturated carbocycles. The Balaban J connectivity index is 2.61. The molecule has 0 aromatic rings. The van der Waals surface area contributed by atoms with Gasteiger partial charge in [0.25, 0.3) is 0 Å². The lowest BCUT2D eigenvalue weighted by atomic mass is 9.98. The van der Waals surface area contributed by atoms with Gasteiger partial charge in [0.15, 0.2) is 0 Å². The van der Waals surface area contributed by atoms with Gasteiger partial charge in [-0.1, -0.05) is 6.08 Å². The second-order valence-electron chi connectivity index (χ2n) is 4.56.